The van der Waals surface area contributed by atoms with Crippen LogP contribution in [0.5, 0.6) is 0 Å². The maximum absolute atomic E-state index is 12.4. The Morgan fingerprint density at radius 2 is 1.82 bits per heavy atom. The topological polar surface area (TPSA) is 123 Å². The van der Waals surface area contributed by atoms with Gasteiger partial charge in [-0.2, -0.15) is 0 Å². The Bertz CT molecular complexity index is 582. The third kappa shape index (κ3) is 16.0. The van der Waals surface area contributed by atoms with Crippen LogP contribution in [0.4, 0.5) is 9.59 Å². The van der Waals surface area contributed by atoms with Gasteiger partial charge in [-0.05, 0) is 30.7 Å². The van der Waals surface area contributed by atoms with Crippen LogP contribution >= 0.6 is 37.2 Å². The lowest BCUT2D eigenvalue weighted by Crippen LogP contribution is -2.38. The average molecular weight is 535 g/mol. The number of amides is 2. The standard InChI is InChI=1S/C21H39N5O4.3ClH/c1-3-5-9-24-20(27)29-16-14-26(10-6-4-2)21(28)30-15-13-25-11-7-18(8-12-25)19(23)17-22;;;/h7-8,11,19H,3-6,9-10,12-17,22-23H2,1-2H3,(H,24,27);3*1H. The summed E-state index contributed by atoms with van der Waals surface area (Å²) in [6.07, 6.45) is 8.82. The number of unbranched alkanes of at least 4 members (excludes halogenated alkanes) is 2. The molecule has 0 aromatic rings. The Balaban J connectivity index is -0.00000300. The zero-order chi connectivity index (χ0) is 22.2. The number of rotatable bonds is 14. The normalized spacial score (nSPS) is 12.8. The summed E-state index contributed by atoms with van der Waals surface area (Å²) >= 11 is 0. The highest BCUT2D eigenvalue weighted by molar-refractivity contribution is 5.86. The molecule has 196 valence electrons. The molecule has 5 N–H and O–H groups in total. The number of halogens is 3. The van der Waals surface area contributed by atoms with Crippen molar-refractivity contribution in [1.82, 2.24) is 15.1 Å². The molecule has 0 aliphatic carbocycles. The van der Waals surface area contributed by atoms with Gasteiger partial charge >= 0.3 is 12.2 Å². The summed E-state index contributed by atoms with van der Waals surface area (Å²) in [6.45, 7) is 7.70. The number of nitrogens with one attached hydrogen (secondary N) is 1. The van der Waals surface area contributed by atoms with Crippen molar-refractivity contribution in [3.05, 3.63) is 23.9 Å². The molecule has 0 aromatic carbocycles. The van der Waals surface area contributed by atoms with Crippen molar-refractivity contribution >= 4 is 49.4 Å². The second-order valence-corrected chi connectivity index (χ2v) is 7.23. The molecule has 2 amide bonds. The average Bonchev–Trinajstić information content (AvgIpc) is 2.76. The van der Waals surface area contributed by atoms with Crippen LogP contribution in [0.15, 0.2) is 23.9 Å². The van der Waals surface area contributed by atoms with Gasteiger partial charge in [0.25, 0.3) is 0 Å². The van der Waals surface area contributed by atoms with Gasteiger partial charge in [0.05, 0.1) is 13.1 Å². The third-order valence-corrected chi connectivity index (χ3v) is 4.76. The smallest absolute Gasteiger partial charge is 0.409 e. The molecule has 12 heteroatoms. The molecule has 0 radical (unpaired) electrons. The maximum atomic E-state index is 12.4. The largest absolute Gasteiger partial charge is 0.448 e. The van der Waals surface area contributed by atoms with Gasteiger partial charge in [0.1, 0.15) is 13.2 Å². The van der Waals surface area contributed by atoms with Gasteiger partial charge in [0.2, 0.25) is 0 Å². The first-order valence-corrected chi connectivity index (χ1v) is 10.9. The Labute approximate surface area is 216 Å². The van der Waals surface area contributed by atoms with E-state index < -0.39 is 6.09 Å². The van der Waals surface area contributed by atoms with E-state index in [4.69, 9.17) is 20.9 Å². The fourth-order valence-electron chi connectivity index (χ4n) is 2.77. The first-order chi connectivity index (χ1) is 14.5. The Kier molecular flexibility index (Phi) is 24.6. The van der Waals surface area contributed by atoms with Crippen LogP contribution in [0.3, 0.4) is 0 Å². The molecule has 0 aromatic heterocycles. The van der Waals surface area contributed by atoms with E-state index in [1.807, 2.05) is 23.3 Å². The van der Waals surface area contributed by atoms with Crippen molar-refractivity contribution in [2.24, 2.45) is 11.5 Å². The van der Waals surface area contributed by atoms with E-state index in [-0.39, 0.29) is 62.6 Å². The van der Waals surface area contributed by atoms with E-state index in [2.05, 4.69) is 19.2 Å². The second-order valence-electron chi connectivity index (χ2n) is 7.23. The number of carbonyl (C=O) groups excluding carboxylic acids is 2. The van der Waals surface area contributed by atoms with Crippen LogP contribution in [0, 0.1) is 0 Å². The lowest BCUT2D eigenvalue weighted by Gasteiger charge is -2.25. The summed E-state index contributed by atoms with van der Waals surface area (Å²) in [5.74, 6) is 0. The molecule has 0 bridgehead atoms. The number of hydrogen-bond acceptors (Lipinski definition) is 7. The lowest BCUT2D eigenvalue weighted by atomic mass is 10.1. The highest BCUT2D eigenvalue weighted by atomic mass is 35.5. The quantitative estimate of drug-likeness (QED) is 0.293. The summed E-state index contributed by atoms with van der Waals surface area (Å²) < 4.78 is 10.6. The Morgan fingerprint density at radius 3 is 2.39 bits per heavy atom. The van der Waals surface area contributed by atoms with Crippen LogP contribution in [0.1, 0.15) is 39.5 Å². The maximum Gasteiger partial charge on any atom is 0.409 e. The third-order valence-electron chi connectivity index (χ3n) is 4.76. The SMILES string of the molecule is CCCCNC(=O)OCCN(CCCC)C(=O)OCCN1C=CC(C(N)CN)=CC1.Cl.Cl.Cl. The molecule has 0 spiro atoms. The fraction of sp³-hybridized carbons (Fsp3) is 0.714. The van der Waals surface area contributed by atoms with Crippen molar-refractivity contribution in [2.75, 3.05) is 52.5 Å². The predicted octanol–water partition coefficient (Wildman–Crippen LogP) is 3.06. The molecule has 33 heavy (non-hydrogen) atoms. The van der Waals surface area contributed by atoms with Crippen LogP contribution < -0.4 is 16.8 Å². The number of ether oxygens (including phenoxy) is 2. The molecule has 1 heterocycles. The first kappa shape index (κ1) is 36.2. The summed E-state index contributed by atoms with van der Waals surface area (Å²) in [5.41, 5.74) is 12.5. The van der Waals surface area contributed by atoms with Crippen molar-refractivity contribution in [1.29, 1.82) is 0 Å². The molecule has 1 aliphatic heterocycles. The molecule has 0 saturated carbocycles. The fourth-order valence-corrected chi connectivity index (χ4v) is 2.77. The number of carbonyl (C=O) groups is 2. The van der Waals surface area contributed by atoms with E-state index in [9.17, 15) is 9.59 Å². The monoisotopic (exact) mass is 533 g/mol. The van der Waals surface area contributed by atoms with Gasteiger partial charge in [0, 0.05) is 32.2 Å². The number of hydrogen-bond donors (Lipinski definition) is 3. The van der Waals surface area contributed by atoms with Crippen LogP contribution in [0.2, 0.25) is 0 Å². The summed E-state index contributed by atoms with van der Waals surface area (Å²) in [5, 5.41) is 2.69. The molecule has 0 saturated heterocycles. The van der Waals surface area contributed by atoms with Crippen LogP contribution in [0.25, 0.3) is 0 Å². The summed E-state index contributed by atoms with van der Waals surface area (Å²) in [4.78, 5) is 27.7. The van der Waals surface area contributed by atoms with E-state index in [0.717, 1.165) is 31.3 Å². The predicted molar refractivity (Wildman–Crippen MR) is 140 cm³/mol. The lowest BCUT2D eigenvalue weighted by molar-refractivity contribution is 0.0823. The summed E-state index contributed by atoms with van der Waals surface area (Å²) in [7, 11) is 0. The molecule has 1 unspecified atom stereocenters. The Hall–Kier alpha value is -1.39. The van der Waals surface area contributed by atoms with Crippen molar-refractivity contribution in [2.45, 2.75) is 45.6 Å². The highest BCUT2D eigenvalue weighted by Crippen LogP contribution is 2.09. The van der Waals surface area contributed by atoms with Gasteiger partial charge in [0.15, 0.2) is 0 Å². The molecule has 1 aliphatic rings. The molecule has 1 atom stereocenters. The second kappa shape index (κ2) is 22.4. The zero-order valence-electron chi connectivity index (χ0n) is 19.7. The van der Waals surface area contributed by atoms with E-state index >= 15 is 0 Å². The van der Waals surface area contributed by atoms with Crippen LogP contribution in [-0.4, -0.2) is 80.5 Å². The van der Waals surface area contributed by atoms with Crippen molar-refractivity contribution < 1.29 is 19.1 Å². The molecule has 9 nitrogen and oxygen atoms in total. The zero-order valence-corrected chi connectivity index (χ0v) is 22.2. The minimum Gasteiger partial charge on any atom is -0.448 e. The first-order valence-electron chi connectivity index (χ1n) is 10.9. The highest BCUT2D eigenvalue weighted by Gasteiger charge is 2.16. The van der Waals surface area contributed by atoms with E-state index in [1.54, 1.807) is 4.90 Å². The minimum atomic E-state index is -0.453. The van der Waals surface area contributed by atoms with Gasteiger partial charge in [-0.1, -0.05) is 32.8 Å². The minimum absolute atomic E-state index is 0. The molecule has 0 fully saturated rings. The molecular formula is C21H42Cl3N5O4. The van der Waals surface area contributed by atoms with Gasteiger partial charge in [-0.3, -0.25) is 0 Å². The van der Waals surface area contributed by atoms with Crippen LogP contribution in [-0.2, 0) is 9.47 Å². The van der Waals surface area contributed by atoms with Crippen molar-refractivity contribution in [3.8, 4) is 0 Å². The molecular weight excluding hydrogens is 493 g/mol. The molecule has 1 rings (SSSR count). The van der Waals surface area contributed by atoms with Gasteiger partial charge in [-0.25, -0.2) is 9.59 Å². The van der Waals surface area contributed by atoms with Crippen molar-refractivity contribution in [3.63, 3.8) is 0 Å². The van der Waals surface area contributed by atoms with Gasteiger partial charge < -0.3 is 36.1 Å². The number of nitrogens with zero attached hydrogens (tertiary/aromatic N) is 2. The Morgan fingerprint density at radius 1 is 1.12 bits per heavy atom. The number of nitrogens with two attached hydrogens (primary N) is 2. The van der Waals surface area contributed by atoms with E-state index in [1.165, 1.54) is 0 Å². The summed E-state index contributed by atoms with van der Waals surface area (Å²) in [6, 6.07) is -0.149. The number of alkyl carbamates (subject to hydrolysis) is 1. The van der Waals surface area contributed by atoms with Gasteiger partial charge in [-0.15, -0.1) is 37.2 Å². The van der Waals surface area contributed by atoms with E-state index in [0.29, 0.717) is 39.3 Å².